The summed E-state index contributed by atoms with van der Waals surface area (Å²) in [5.74, 6) is 0.118. The first-order valence-electron chi connectivity index (χ1n) is 7.04. The van der Waals surface area contributed by atoms with Gasteiger partial charge in [-0.05, 0) is 30.9 Å². The quantitative estimate of drug-likeness (QED) is 0.663. The van der Waals surface area contributed by atoms with Gasteiger partial charge in [-0.1, -0.05) is 48.5 Å². The van der Waals surface area contributed by atoms with E-state index in [0.717, 1.165) is 21.9 Å². The average molecular weight is 275 g/mol. The molecule has 0 aliphatic heterocycles. The zero-order chi connectivity index (χ0) is 14.9. The number of aromatic nitrogens is 1. The zero-order valence-corrected chi connectivity index (χ0v) is 12.2. The molecule has 1 aromatic heterocycles. The summed E-state index contributed by atoms with van der Waals surface area (Å²) in [6.07, 6.45) is 3.52. The van der Waals surface area contributed by atoms with Crippen molar-refractivity contribution in [2.45, 2.75) is 19.3 Å². The maximum atomic E-state index is 13.1. The van der Waals surface area contributed by atoms with E-state index in [4.69, 9.17) is 0 Å². The SMILES string of the molecule is CC(C)(C(=O)c1cccc2ccncc12)c1ccccc1. The molecule has 0 fully saturated rings. The molecule has 1 heterocycles. The molecule has 3 rings (SSSR count). The van der Waals surface area contributed by atoms with Crippen LogP contribution in [0.5, 0.6) is 0 Å². The topological polar surface area (TPSA) is 30.0 Å². The van der Waals surface area contributed by atoms with Crippen LogP contribution in [0.4, 0.5) is 0 Å². The molecule has 2 nitrogen and oxygen atoms in total. The fraction of sp³-hybridized carbons (Fsp3) is 0.158. The maximum absolute atomic E-state index is 13.1. The third-order valence-corrected chi connectivity index (χ3v) is 3.99. The summed E-state index contributed by atoms with van der Waals surface area (Å²) in [5.41, 5.74) is 1.19. The summed E-state index contributed by atoms with van der Waals surface area (Å²) in [7, 11) is 0. The molecule has 2 heteroatoms. The van der Waals surface area contributed by atoms with Crippen LogP contribution in [0, 0.1) is 0 Å². The molecule has 21 heavy (non-hydrogen) atoms. The molecule has 0 spiro atoms. The van der Waals surface area contributed by atoms with Crippen molar-refractivity contribution >= 4 is 16.6 Å². The summed E-state index contributed by atoms with van der Waals surface area (Å²) in [6, 6.07) is 17.6. The van der Waals surface area contributed by atoms with E-state index >= 15 is 0 Å². The number of Topliss-reactive ketones (excluding diaryl/α,β-unsaturated/α-hetero) is 1. The predicted molar refractivity (Wildman–Crippen MR) is 85.5 cm³/mol. The number of fused-ring (bicyclic) bond motifs is 1. The highest BCUT2D eigenvalue weighted by Gasteiger charge is 2.31. The minimum atomic E-state index is -0.564. The van der Waals surface area contributed by atoms with Crippen molar-refractivity contribution in [3.63, 3.8) is 0 Å². The fourth-order valence-electron chi connectivity index (χ4n) is 2.63. The first-order chi connectivity index (χ1) is 10.1. The van der Waals surface area contributed by atoms with Crippen molar-refractivity contribution in [3.8, 4) is 0 Å². The number of carbonyl (C=O) groups excluding carboxylic acids is 1. The minimum absolute atomic E-state index is 0.118. The number of hydrogen-bond acceptors (Lipinski definition) is 2. The lowest BCUT2D eigenvalue weighted by Gasteiger charge is -2.24. The molecule has 0 saturated heterocycles. The molecule has 3 aromatic rings. The Labute approximate surface area is 124 Å². The molecule has 104 valence electrons. The van der Waals surface area contributed by atoms with Crippen LogP contribution in [-0.2, 0) is 5.41 Å². The number of carbonyl (C=O) groups is 1. The number of ketones is 1. The molecular formula is C19H17NO. The molecule has 0 bridgehead atoms. The Balaban J connectivity index is 2.13. The summed E-state index contributed by atoms with van der Waals surface area (Å²) in [6.45, 7) is 3.94. The van der Waals surface area contributed by atoms with Gasteiger partial charge in [-0.15, -0.1) is 0 Å². The molecule has 0 amide bonds. The molecule has 0 aliphatic rings. The van der Waals surface area contributed by atoms with Crippen molar-refractivity contribution in [3.05, 3.63) is 78.1 Å². The fourth-order valence-corrected chi connectivity index (χ4v) is 2.63. The summed E-state index contributed by atoms with van der Waals surface area (Å²) >= 11 is 0. The highest BCUT2D eigenvalue weighted by atomic mass is 16.1. The van der Waals surface area contributed by atoms with E-state index in [-0.39, 0.29) is 5.78 Å². The van der Waals surface area contributed by atoms with Crippen LogP contribution in [0.25, 0.3) is 10.8 Å². The van der Waals surface area contributed by atoms with Crippen molar-refractivity contribution in [2.75, 3.05) is 0 Å². The van der Waals surface area contributed by atoms with Crippen molar-refractivity contribution in [2.24, 2.45) is 0 Å². The number of pyridine rings is 1. The Bertz CT molecular complexity index is 786. The number of hydrogen-bond donors (Lipinski definition) is 0. The van der Waals surface area contributed by atoms with Gasteiger partial charge in [-0.3, -0.25) is 9.78 Å². The average Bonchev–Trinajstić information content (AvgIpc) is 2.54. The van der Waals surface area contributed by atoms with E-state index in [1.54, 1.807) is 12.4 Å². The lowest BCUT2D eigenvalue weighted by molar-refractivity contribution is 0.0910. The predicted octanol–water partition coefficient (Wildman–Crippen LogP) is 4.40. The summed E-state index contributed by atoms with van der Waals surface area (Å²) < 4.78 is 0. The largest absolute Gasteiger partial charge is 0.293 e. The Morgan fingerprint density at radius 1 is 0.952 bits per heavy atom. The van der Waals surface area contributed by atoms with Gasteiger partial charge in [0.15, 0.2) is 5.78 Å². The second kappa shape index (κ2) is 5.13. The normalized spacial score (nSPS) is 11.5. The second-order valence-corrected chi connectivity index (χ2v) is 5.72. The van der Waals surface area contributed by atoms with Gasteiger partial charge in [0.1, 0.15) is 0 Å². The van der Waals surface area contributed by atoms with Gasteiger partial charge in [-0.25, -0.2) is 0 Å². The van der Waals surface area contributed by atoms with Crippen LogP contribution in [0.15, 0.2) is 67.0 Å². The number of benzene rings is 2. The Hall–Kier alpha value is -2.48. The summed E-state index contributed by atoms with van der Waals surface area (Å²) in [4.78, 5) is 17.2. The van der Waals surface area contributed by atoms with Gasteiger partial charge < -0.3 is 0 Å². The van der Waals surface area contributed by atoms with Crippen molar-refractivity contribution in [1.29, 1.82) is 0 Å². The first kappa shape index (κ1) is 13.5. The van der Waals surface area contributed by atoms with Gasteiger partial charge in [0, 0.05) is 23.3 Å². The minimum Gasteiger partial charge on any atom is -0.293 e. The summed E-state index contributed by atoms with van der Waals surface area (Å²) in [5, 5.41) is 1.95. The van der Waals surface area contributed by atoms with E-state index < -0.39 is 5.41 Å². The highest BCUT2D eigenvalue weighted by Crippen LogP contribution is 2.30. The molecule has 0 N–H and O–H groups in total. The molecule has 0 unspecified atom stereocenters. The monoisotopic (exact) mass is 275 g/mol. The second-order valence-electron chi connectivity index (χ2n) is 5.72. The van der Waals surface area contributed by atoms with E-state index in [1.165, 1.54) is 0 Å². The standard InChI is InChI=1S/C19H17NO/c1-19(2,15-8-4-3-5-9-15)18(21)16-10-6-7-14-11-12-20-13-17(14)16/h3-13H,1-2H3. The van der Waals surface area contributed by atoms with Gasteiger partial charge in [0.2, 0.25) is 0 Å². The highest BCUT2D eigenvalue weighted by molar-refractivity contribution is 6.12. The van der Waals surface area contributed by atoms with E-state index in [2.05, 4.69) is 4.98 Å². The molecule has 0 radical (unpaired) electrons. The van der Waals surface area contributed by atoms with E-state index in [1.807, 2.05) is 68.4 Å². The van der Waals surface area contributed by atoms with Crippen LogP contribution in [0.3, 0.4) is 0 Å². The number of rotatable bonds is 3. The van der Waals surface area contributed by atoms with Crippen molar-refractivity contribution in [1.82, 2.24) is 4.98 Å². The van der Waals surface area contributed by atoms with Crippen LogP contribution in [0.2, 0.25) is 0 Å². The van der Waals surface area contributed by atoms with Crippen LogP contribution in [-0.4, -0.2) is 10.8 Å². The maximum Gasteiger partial charge on any atom is 0.173 e. The van der Waals surface area contributed by atoms with Crippen LogP contribution >= 0.6 is 0 Å². The van der Waals surface area contributed by atoms with Crippen LogP contribution in [0.1, 0.15) is 29.8 Å². The molecular weight excluding hydrogens is 258 g/mol. The lowest BCUT2D eigenvalue weighted by Crippen LogP contribution is -2.29. The van der Waals surface area contributed by atoms with E-state index in [0.29, 0.717) is 0 Å². The molecule has 0 aliphatic carbocycles. The Morgan fingerprint density at radius 3 is 2.48 bits per heavy atom. The van der Waals surface area contributed by atoms with E-state index in [9.17, 15) is 4.79 Å². The third-order valence-electron chi connectivity index (χ3n) is 3.99. The lowest BCUT2D eigenvalue weighted by atomic mass is 9.77. The molecule has 2 aromatic carbocycles. The molecule has 0 atom stereocenters. The van der Waals surface area contributed by atoms with Crippen LogP contribution < -0.4 is 0 Å². The Morgan fingerprint density at radius 2 is 1.71 bits per heavy atom. The van der Waals surface area contributed by atoms with Gasteiger partial charge in [0.05, 0.1) is 5.41 Å². The van der Waals surface area contributed by atoms with Crippen molar-refractivity contribution < 1.29 is 4.79 Å². The Kier molecular flexibility index (Phi) is 3.30. The smallest absolute Gasteiger partial charge is 0.173 e. The third kappa shape index (κ3) is 2.33. The zero-order valence-electron chi connectivity index (χ0n) is 12.2. The van der Waals surface area contributed by atoms with Gasteiger partial charge in [0.25, 0.3) is 0 Å². The number of nitrogens with zero attached hydrogens (tertiary/aromatic N) is 1. The first-order valence-corrected chi connectivity index (χ1v) is 7.04. The van der Waals surface area contributed by atoms with Gasteiger partial charge >= 0.3 is 0 Å². The molecule has 0 saturated carbocycles. The van der Waals surface area contributed by atoms with Gasteiger partial charge in [-0.2, -0.15) is 0 Å².